The fourth-order valence-corrected chi connectivity index (χ4v) is 3.62. The van der Waals surface area contributed by atoms with Gasteiger partial charge in [0.1, 0.15) is 5.75 Å². The number of nitrogens with one attached hydrogen (secondary N) is 1. The second-order valence-corrected chi connectivity index (χ2v) is 8.64. The summed E-state index contributed by atoms with van der Waals surface area (Å²) in [5.41, 5.74) is 0.449. The van der Waals surface area contributed by atoms with Crippen molar-refractivity contribution in [2.45, 2.75) is 23.9 Å². The van der Waals surface area contributed by atoms with E-state index in [-0.39, 0.29) is 17.3 Å². The fourth-order valence-electron chi connectivity index (χ4n) is 2.95. The molecule has 0 fully saturated rings. The second-order valence-electron chi connectivity index (χ2n) is 6.62. The molecule has 0 unspecified atom stereocenters. The van der Waals surface area contributed by atoms with Crippen LogP contribution < -0.4 is 10.1 Å². The molecule has 0 aliphatic carbocycles. The molecule has 29 heavy (non-hydrogen) atoms. The van der Waals surface area contributed by atoms with Gasteiger partial charge >= 0.3 is 6.18 Å². The molecule has 0 atom stereocenters. The standard InChI is InChI=1S/C20H18F3NO4S/c1-29(26,27)16-6-2-5-15(12-16)24-19(25)10-13-4-3-9-28-18-11-14(20(21,22)23)7-8-17(13)18/h2,5-8,10-12H,3-4,9H2,1H3,(H,24,25). The maximum absolute atomic E-state index is 12.9. The molecule has 3 rings (SSSR count). The van der Waals surface area contributed by atoms with E-state index in [9.17, 15) is 26.4 Å². The summed E-state index contributed by atoms with van der Waals surface area (Å²) in [5.74, 6) is -0.436. The highest BCUT2D eigenvalue weighted by atomic mass is 32.2. The zero-order chi connectivity index (χ0) is 21.2. The van der Waals surface area contributed by atoms with Crippen molar-refractivity contribution in [3.05, 3.63) is 59.7 Å². The van der Waals surface area contributed by atoms with Crippen LogP contribution in [0, 0.1) is 0 Å². The number of hydrogen-bond acceptors (Lipinski definition) is 4. The van der Waals surface area contributed by atoms with Gasteiger partial charge in [-0.3, -0.25) is 4.79 Å². The summed E-state index contributed by atoms with van der Waals surface area (Å²) in [6, 6.07) is 8.99. The minimum atomic E-state index is -4.49. The van der Waals surface area contributed by atoms with Gasteiger partial charge < -0.3 is 10.1 Å². The zero-order valence-electron chi connectivity index (χ0n) is 15.4. The van der Waals surface area contributed by atoms with Crippen LogP contribution in [0.5, 0.6) is 5.75 Å². The van der Waals surface area contributed by atoms with E-state index in [0.29, 0.717) is 29.7 Å². The fraction of sp³-hybridized carbons (Fsp3) is 0.250. The summed E-state index contributed by atoms with van der Waals surface area (Å²) in [6.45, 7) is 0.240. The summed E-state index contributed by atoms with van der Waals surface area (Å²) in [5, 5.41) is 2.59. The highest BCUT2D eigenvalue weighted by Gasteiger charge is 2.32. The second kappa shape index (κ2) is 7.90. The zero-order valence-corrected chi connectivity index (χ0v) is 16.2. The molecule has 9 heteroatoms. The monoisotopic (exact) mass is 425 g/mol. The predicted molar refractivity (Wildman–Crippen MR) is 102 cm³/mol. The lowest BCUT2D eigenvalue weighted by Gasteiger charge is -2.13. The van der Waals surface area contributed by atoms with Crippen LogP contribution in [0.3, 0.4) is 0 Å². The maximum Gasteiger partial charge on any atom is 0.416 e. The molecule has 0 saturated heterocycles. The van der Waals surface area contributed by atoms with E-state index in [1.54, 1.807) is 6.07 Å². The first-order valence-corrected chi connectivity index (χ1v) is 10.6. The van der Waals surface area contributed by atoms with E-state index in [4.69, 9.17) is 4.74 Å². The Morgan fingerprint density at radius 3 is 2.62 bits per heavy atom. The van der Waals surface area contributed by atoms with Gasteiger partial charge in [-0.05, 0) is 48.7 Å². The van der Waals surface area contributed by atoms with E-state index in [2.05, 4.69) is 5.32 Å². The molecule has 154 valence electrons. The van der Waals surface area contributed by atoms with Crippen LogP contribution in [0.15, 0.2) is 53.4 Å². The Kier molecular flexibility index (Phi) is 5.70. The summed E-state index contributed by atoms with van der Waals surface area (Å²) < 4.78 is 67.6. The number of hydrogen-bond donors (Lipinski definition) is 1. The molecule has 5 nitrogen and oxygen atoms in total. The largest absolute Gasteiger partial charge is 0.493 e. The molecular formula is C20H18F3NO4S. The first-order chi connectivity index (χ1) is 13.5. The number of halogens is 3. The van der Waals surface area contributed by atoms with Gasteiger partial charge in [0, 0.05) is 23.6 Å². The Hall–Kier alpha value is -2.81. The molecular weight excluding hydrogens is 407 g/mol. The van der Waals surface area contributed by atoms with Crippen molar-refractivity contribution in [1.29, 1.82) is 0 Å². The molecule has 0 bridgehead atoms. The van der Waals surface area contributed by atoms with Crippen molar-refractivity contribution in [2.75, 3.05) is 18.2 Å². The van der Waals surface area contributed by atoms with Crippen molar-refractivity contribution in [1.82, 2.24) is 0 Å². The lowest BCUT2D eigenvalue weighted by atomic mass is 9.99. The Morgan fingerprint density at radius 2 is 1.93 bits per heavy atom. The number of benzene rings is 2. The van der Waals surface area contributed by atoms with Crippen LogP contribution in [0.4, 0.5) is 18.9 Å². The molecule has 0 spiro atoms. The molecule has 1 amide bonds. The van der Waals surface area contributed by atoms with E-state index < -0.39 is 27.5 Å². The molecule has 2 aromatic carbocycles. The average Bonchev–Trinajstić information content (AvgIpc) is 2.82. The quantitative estimate of drug-likeness (QED) is 0.744. The van der Waals surface area contributed by atoms with Gasteiger partial charge in [0.25, 0.3) is 0 Å². The molecule has 1 N–H and O–H groups in total. The third-order valence-corrected chi connectivity index (χ3v) is 5.45. The number of anilines is 1. The molecule has 1 aliphatic heterocycles. The van der Waals surface area contributed by atoms with Gasteiger partial charge in [-0.2, -0.15) is 13.2 Å². The first kappa shape index (κ1) is 20.9. The van der Waals surface area contributed by atoms with Crippen LogP contribution in [0.1, 0.15) is 24.0 Å². The van der Waals surface area contributed by atoms with Crippen molar-refractivity contribution >= 4 is 27.0 Å². The topological polar surface area (TPSA) is 72.5 Å². The Morgan fingerprint density at radius 1 is 1.17 bits per heavy atom. The Bertz CT molecular complexity index is 1080. The minimum absolute atomic E-state index is 0.0656. The Balaban J connectivity index is 1.88. The van der Waals surface area contributed by atoms with Gasteiger partial charge in [0.2, 0.25) is 5.91 Å². The van der Waals surface area contributed by atoms with Crippen LogP contribution in [-0.2, 0) is 20.8 Å². The van der Waals surface area contributed by atoms with E-state index >= 15 is 0 Å². The molecule has 0 aromatic heterocycles. The molecule has 0 radical (unpaired) electrons. The summed E-state index contributed by atoms with van der Waals surface area (Å²) in [6.07, 6.45) is -1.13. The van der Waals surface area contributed by atoms with Gasteiger partial charge in [-0.25, -0.2) is 8.42 Å². The van der Waals surface area contributed by atoms with Gasteiger partial charge in [0.05, 0.1) is 17.1 Å². The van der Waals surface area contributed by atoms with E-state index in [0.717, 1.165) is 18.4 Å². The first-order valence-electron chi connectivity index (χ1n) is 8.70. The van der Waals surface area contributed by atoms with Crippen molar-refractivity contribution in [3.63, 3.8) is 0 Å². The van der Waals surface area contributed by atoms with Crippen molar-refractivity contribution < 1.29 is 31.1 Å². The van der Waals surface area contributed by atoms with Gasteiger partial charge in [0.15, 0.2) is 9.84 Å². The van der Waals surface area contributed by atoms with Crippen LogP contribution >= 0.6 is 0 Å². The molecule has 1 heterocycles. The number of fused-ring (bicyclic) bond motifs is 1. The minimum Gasteiger partial charge on any atom is -0.493 e. The summed E-state index contributed by atoms with van der Waals surface area (Å²) in [4.78, 5) is 12.5. The lowest BCUT2D eigenvalue weighted by molar-refractivity contribution is -0.137. The van der Waals surface area contributed by atoms with Crippen molar-refractivity contribution in [2.24, 2.45) is 0 Å². The highest BCUT2D eigenvalue weighted by molar-refractivity contribution is 7.90. The van der Waals surface area contributed by atoms with Gasteiger partial charge in [-0.1, -0.05) is 12.1 Å². The number of allylic oxidation sites excluding steroid dienone is 1. The number of carbonyl (C=O) groups excluding carboxylic acids is 1. The SMILES string of the molecule is CS(=O)(=O)c1cccc(NC(=O)C=C2CCCOc3cc(C(F)(F)F)ccc32)c1. The number of carbonyl (C=O) groups is 1. The number of sulfone groups is 1. The third kappa shape index (κ3) is 5.17. The Labute approximate surface area is 166 Å². The number of ether oxygens (including phenoxy) is 1. The average molecular weight is 425 g/mol. The molecule has 1 aliphatic rings. The van der Waals surface area contributed by atoms with E-state index in [1.807, 2.05) is 0 Å². The van der Waals surface area contributed by atoms with Gasteiger partial charge in [-0.15, -0.1) is 0 Å². The smallest absolute Gasteiger partial charge is 0.416 e. The van der Waals surface area contributed by atoms with Crippen LogP contribution in [0.25, 0.3) is 5.57 Å². The maximum atomic E-state index is 12.9. The van der Waals surface area contributed by atoms with Crippen molar-refractivity contribution in [3.8, 4) is 5.75 Å². The number of amides is 1. The molecule has 0 saturated carbocycles. The predicted octanol–water partition coefficient (Wildman–Crippen LogP) is 4.30. The van der Waals surface area contributed by atoms with Crippen LogP contribution in [0.2, 0.25) is 0 Å². The normalized spacial score (nSPS) is 15.9. The number of alkyl halides is 3. The highest BCUT2D eigenvalue weighted by Crippen LogP contribution is 2.38. The third-order valence-electron chi connectivity index (χ3n) is 4.34. The molecule has 2 aromatic rings. The summed E-state index contributed by atoms with van der Waals surface area (Å²) in [7, 11) is -3.42. The van der Waals surface area contributed by atoms with Crippen LogP contribution in [-0.4, -0.2) is 27.2 Å². The summed E-state index contributed by atoms with van der Waals surface area (Å²) >= 11 is 0. The lowest BCUT2D eigenvalue weighted by Crippen LogP contribution is -2.10. The number of rotatable bonds is 3. The van der Waals surface area contributed by atoms with E-state index in [1.165, 1.54) is 30.3 Å².